The van der Waals surface area contributed by atoms with E-state index in [9.17, 15) is 14.4 Å². The van der Waals surface area contributed by atoms with E-state index in [0.717, 1.165) is 0 Å². The average Bonchev–Trinajstić information content (AvgIpc) is 2.67. The molecule has 2 aliphatic heterocycles. The van der Waals surface area contributed by atoms with Gasteiger partial charge in [-0.3, -0.25) is 4.79 Å². The van der Waals surface area contributed by atoms with Crippen molar-refractivity contribution in [3.63, 3.8) is 0 Å². The zero-order chi connectivity index (χ0) is 14.0. The molecule has 1 saturated heterocycles. The van der Waals surface area contributed by atoms with Crippen molar-refractivity contribution in [1.29, 1.82) is 0 Å². The molecule has 104 valence electrons. The SMILES string of the molecule is CNC(=O)OCCSC1=C(C(=O)O)N2C(=O)CC2C1. The van der Waals surface area contributed by atoms with Gasteiger partial charge >= 0.3 is 12.1 Å². The monoisotopic (exact) mass is 286 g/mol. The average molecular weight is 286 g/mol. The van der Waals surface area contributed by atoms with Crippen molar-refractivity contribution in [3.05, 3.63) is 10.6 Å². The number of nitrogens with zero attached hydrogens (tertiary/aromatic N) is 1. The normalized spacial score (nSPS) is 21.0. The fourth-order valence-corrected chi connectivity index (χ4v) is 3.16. The number of carboxylic acids is 1. The van der Waals surface area contributed by atoms with Crippen molar-refractivity contribution in [3.8, 4) is 0 Å². The van der Waals surface area contributed by atoms with Crippen LogP contribution in [0.5, 0.6) is 0 Å². The van der Waals surface area contributed by atoms with Crippen LogP contribution in [-0.4, -0.2) is 53.4 Å². The van der Waals surface area contributed by atoms with Crippen molar-refractivity contribution < 1.29 is 24.2 Å². The maximum Gasteiger partial charge on any atom is 0.406 e. The zero-order valence-corrected chi connectivity index (χ0v) is 11.2. The molecule has 1 unspecified atom stereocenters. The molecule has 2 aliphatic rings. The van der Waals surface area contributed by atoms with E-state index >= 15 is 0 Å². The number of fused-ring (bicyclic) bond motifs is 1. The van der Waals surface area contributed by atoms with Gasteiger partial charge in [-0.05, 0) is 0 Å². The van der Waals surface area contributed by atoms with Gasteiger partial charge in [-0.15, -0.1) is 11.8 Å². The second-order valence-corrected chi connectivity index (χ2v) is 5.33. The molecule has 19 heavy (non-hydrogen) atoms. The first kappa shape index (κ1) is 13.7. The number of hydrogen-bond acceptors (Lipinski definition) is 5. The van der Waals surface area contributed by atoms with E-state index in [2.05, 4.69) is 5.32 Å². The minimum absolute atomic E-state index is 0.000888. The number of amides is 2. The van der Waals surface area contributed by atoms with Crippen LogP contribution < -0.4 is 5.32 Å². The summed E-state index contributed by atoms with van der Waals surface area (Å²) in [5.41, 5.74) is 0.0891. The van der Waals surface area contributed by atoms with Crippen LogP contribution in [0.3, 0.4) is 0 Å². The highest BCUT2D eigenvalue weighted by Gasteiger charge is 2.47. The summed E-state index contributed by atoms with van der Waals surface area (Å²) in [7, 11) is 1.47. The minimum Gasteiger partial charge on any atom is -0.477 e. The van der Waals surface area contributed by atoms with E-state index in [0.29, 0.717) is 23.5 Å². The second-order valence-electron chi connectivity index (χ2n) is 4.14. The van der Waals surface area contributed by atoms with Crippen molar-refractivity contribution >= 4 is 29.7 Å². The molecule has 2 amide bonds. The Bertz CT molecular complexity index is 462. The molecule has 0 aliphatic carbocycles. The standard InChI is InChI=1S/C11H14N2O5S/c1-12-11(17)18-2-3-19-7-4-6-5-8(14)13(6)9(7)10(15)16/h6H,2-5H2,1H3,(H,12,17)(H,15,16). The molecule has 0 saturated carbocycles. The Balaban J connectivity index is 1.90. The summed E-state index contributed by atoms with van der Waals surface area (Å²) >= 11 is 1.32. The van der Waals surface area contributed by atoms with E-state index in [-0.39, 0.29) is 24.3 Å². The maximum absolute atomic E-state index is 11.4. The topological polar surface area (TPSA) is 95.9 Å². The van der Waals surface area contributed by atoms with Gasteiger partial charge in [-0.25, -0.2) is 9.59 Å². The lowest BCUT2D eigenvalue weighted by molar-refractivity contribution is -0.147. The van der Waals surface area contributed by atoms with Gasteiger partial charge in [0, 0.05) is 30.5 Å². The third-order valence-corrected chi connectivity index (χ3v) is 4.05. The number of ether oxygens (including phenoxy) is 1. The Morgan fingerprint density at radius 2 is 2.26 bits per heavy atom. The molecule has 2 N–H and O–H groups in total. The summed E-state index contributed by atoms with van der Waals surface area (Å²) in [5, 5.41) is 11.5. The van der Waals surface area contributed by atoms with Gasteiger partial charge in [-0.2, -0.15) is 0 Å². The van der Waals surface area contributed by atoms with E-state index in [1.54, 1.807) is 0 Å². The smallest absolute Gasteiger partial charge is 0.406 e. The van der Waals surface area contributed by atoms with Gasteiger partial charge in [0.1, 0.15) is 12.3 Å². The first-order chi connectivity index (χ1) is 9.04. The molecule has 0 aromatic carbocycles. The summed E-state index contributed by atoms with van der Waals surface area (Å²) in [5.74, 6) is -0.751. The van der Waals surface area contributed by atoms with Gasteiger partial charge in [0.2, 0.25) is 5.91 Å². The summed E-state index contributed by atoms with van der Waals surface area (Å²) in [6, 6.07) is 0.000888. The predicted octanol–water partition coefficient (Wildman–Crippen LogP) is 0.376. The van der Waals surface area contributed by atoms with Crippen LogP contribution in [0.4, 0.5) is 4.79 Å². The molecular formula is C11H14N2O5S. The third-order valence-electron chi connectivity index (χ3n) is 2.97. The molecule has 8 heteroatoms. The van der Waals surface area contributed by atoms with Gasteiger partial charge < -0.3 is 20.1 Å². The lowest BCUT2D eigenvalue weighted by Gasteiger charge is -2.34. The maximum atomic E-state index is 11.4. The van der Waals surface area contributed by atoms with Crippen LogP contribution >= 0.6 is 11.8 Å². The summed E-state index contributed by atoms with van der Waals surface area (Å²) < 4.78 is 4.82. The van der Waals surface area contributed by atoms with Crippen molar-refractivity contribution in [1.82, 2.24) is 10.2 Å². The Morgan fingerprint density at radius 1 is 1.53 bits per heavy atom. The molecule has 7 nitrogen and oxygen atoms in total. The molecule has 0 bridgehead atoms. The third kappa shape index (κ3) is 2.67. The van der Waals surface area contributed by atoms with Crippen molar-refractivity contribution in [2.75, 3.05) is 19.4 Å². The molecule has 0 aromatic rings. The second kappa shape index (κ2) is 5.52. The number of alkyl carbamates (subject to hydrolysis) is 1. The predicted molar refractivity (Wildman–Crippen MR) is 67.4 cm³/mol. The molecule has 0 aromatic heterocycles. The van der Waals surface area contributed by atoms with Crippen LogP contribution in [0.25, 0.3) is 0 Å². The molecule has 1 fully saturated rings. The summed E-state index contributed by atoms with van der Waals surface area (Å²) in [4.78, 5) is 35.4. The fraction of sp³-hybridized carbons (Fsp3) is 0.545. The lowest BCUT2D eigenvalue weighted by Crippen LogP contribution is -2.49. The Kier molecular flexibility index (Phi) is 3.98. The van der Waals surface area contributed by atoms with E-state index in [1.807, 2.05) is 0 Å². The highest BCUT2D eigenvalue weighted by atomic mass is 32.2. The lowest BCUT2D eigenvalue weighted by atomic mass is 10.0. The van der Waals surface area contributed by atoms with Crippen LogP contribution in [0.15, 0.2) is 10.6 Å². The fourth-order valence-electron chi connectivity index (χ4n) is 2.12. The molecule has 2 heterocycles. The van der Waals surface area contributed by atoms with Crippen molar-refractivity contribution in [2.45, 2.75) is 18.9 Å². The number of rotatable bonds is 5. The quantitative estimate of drug-likeness (QED) is 0.560. The number of β-lactam (4-membered cyclic amide) rings is 1. The molecule has 1 atom stereocenters. The number of hydrogen-bond donors (Lipinski definition) is 2. The summed E-state index contributed by atoms with van der Waals surface area (Å²) in [6.45, 7) is 0.194. The Hall–Kier alpha value is -1.70. The number of aliphatic carboxylic acids is 1. The number of thioether (sulfide) groups is 1. The Morgan fingerprint density at radius 3 is 2.84 bits per heavy atom. The number of carbonyl (C=O) groups excluding carboxylic acids is 2. The van der Waals surface area contributed by atoms with Gasteiger partial charge in [0.25, 0.3) is 0 Å². The van der Waals surface area contributed by atoms with Crippen LogP contribution in [0.1, 0.15) is 12.8 Å². The number of nitrogens with one attached hydrogen (secondary N) is 1. The molecule has 2 rings (SSSR count). The largest absolute Gasteiger partial charge is 0.477 e. The molecular weight excluding hydrogens is 272 g/mol. The number of carboxylic acid groups (broad SMARTS) is 1. The van der Waals surface area contributed by atoms with Crippen LogP contribution in [0.2, 0.25) is 0 Å². The highest BCUT2D eigenvalue weighted by Crippen LogP contribution is 2.42. The van der Waals surface area contributed by atoms with Crippen LogP contribution in [-0.2, 0) is 14.3 Å². The van der Waals surface area contributed by atoms with E-state index in [4.69, 9.17) is 9.84 Å². The first-order valence-electron chi connectivity index (χ1n) is 5.80. The van der Waals surface area contributed by atoms with Gasteiger partial charge in [-0.1, -0.05) is 0 Å². The minimum atomic E-state index is -1.08. The Labute approximate surface area is 114 Å². The molecule has 0 spiro atoms. The molecule has 0 radical (unpaired) electrons. The van der Waals surface area contributed by atoms with Gasteiger partial charge in [0.05, 0.1) is 6.04 Å². The number of carbonyl (C=O) groups is 3. The summed E-state index contributed by atoms with van der Waals surface area (Å²) in [6.07, 6.45) is 0.478. The van der Waals surface area contributed by atoms with Crippen LogP contribution in [0, 0.1) is 0 Å². The highest BCUT2D eigenvalue weighted by molar-refractivity contribution is 8.03. The van der Waals surface area contributed by atoms with Gasteiger partial charge in [0.15, 0.2) is 0 Å². The van der Waals surface area contributed by atoms with Crippen molar-refractivity contribution in [2.24, 2.45) is 0 Å². The van der Waals surface area contributed by atoms with E-state index < -0.39 is 12.1 Å². The first-order valence-corrected chi connectivity index (χ1v) is 6.79. The van der Waals surface area contributed by atoms with E-state index in [1.165, 1.54) is 23.7 Å². The zero-order valence-electron chi connectivity index (χ0n) is 10.3.